The summed E-state index contributed by atoms with van der Waals surface area (Å²) in [6, 6.07) is 15.7. The fourth-order valence-corrected chi connectivity index (χ4v) is 2.04. The molecule has 0 aliphatic carbocycles. The van der Waals surface area contributed by atoms with E-state index in [2.05, 4.69) is 5.32 Å². The minimum Gasteiger partial charge on any atom is -0.431 e. The van der Waals surface area contributed by atoms with Crippen LogP contribution in [0.2, 0.25) is 0 Å². The molecule has 3 aromatic rings. The summed E-state index contributed by atoms with van der Waals surface area (Å²) in [4.78, 5) is 23.7. The molecule has 1 heterocycles. The van der Waals surface area contributed by atoms with E-state index in [0.717, 1.165) is 0 Å². The zero-order chi connectivity index (χ0) is 13.9. The Labute approximate surface area is 114 Å². The summed E-state index contributed by atoms with van der Waals surface area (Å²) in [6.45, 7) is 0. The van der Waals surface area contributed by atoms with Gasteiger partial charge in [0.05, 0.1) is 11.6 Å². The van der Waals surface area contributed by atoms with E-state index in [1.165, 1.54) is 6.26 Å². The Hall–Kier alpha value is -2.88. The highest BCUT2D eigenvalue weighted by Crippen LogP contribution is 2.21. The number of hydrogen-bond acceptors (Lipinski definition) is 3. The van der Waals surface area contributed by atoms with Gasteiger partial charge in [0.2, 0.25) is 0 Å². The third kappa shape index (κ3) is 2.19. The molecule has 3 rings (SSSR count). The van der Waals surface area contributed by atoms with Gasteiger partial charge in [-0.1, -0.05) is 24.3 Å². The molecule has 98 valence electrons. The molecule has 1 aromatic heterocycles. The molecule has 20 heavy (non-hydrogen) atoms. The van der Waals surface area contributed by atoms with Gasteiger partial charge in [0.15, 0.2) is 0 Å². The maximum Gasteiger partial charge on any atom is 0.343 e. The van der Waals surface area contributed by atoms with E-state index in [-0.39, 0.29) is 5.91 Å². The summed E-state index contributed by atoms with van der Waals surface area (Å²) in [5, 5.41) is 3.91. The molecule has 4 nitrogen and oxygen atoms in total. The van der Waals surface area contributed by atoms with E-state index in [9.17, 15) is 9.59 Å². The van der Waals surface area contributed by atoms with Crippen molar-refractivity contribution in [3.63, 3.8) is 0 Å². The molecule has 0 saturated carbocycles. The maximum absolute atomic E-state index is 12.1. The van der Waals surface area contributed by atoms with Crippen LogP contribution in [0.3, 0.4) is 0 Å². The van der Waals surface area contributed by atoms with Crippen LogP contribution < -0.4 is 10.9 Å². The largest absolute Gasteiger partial charge is 0.431 e. The standard InChI is InChI=1S/C16H11NO3/c18-15(11-5-2-1-3-6-11)17-14-8-4-7-13-12(14)9-10-20-16(13)19/h1-10H,(H,17,18). The van der Waals surface area contributed by atoms with E-state index in [1.807, 2.05) is 6.07 Å². The first-order valence-corrected chi connectivity index (χ1v) is 6.12. The van der Waals surface area contributed by atoms with E-state index >= 15 is 0 Å². The SMILES string of the molecule is O=C(Nc1cccc2c(=O)occc12)c1ccccc1. The third-order valence-electron chi connectivity index (χ3n) is 3.02. The second-order valence-electron chi connectivity index (χ2n) is 4.30. The topological polar surface area (TPSA) is 59.3 Å². The Bertz CT molecular complexity index is 822. The number of anilines is 1. The zero-order valence-electron chi connectivity index (χ0n) is 10.5. The van der Waals surface area contributed by atoms with Crippen LogP contribution in [0, 0.1) is 0 Å². The van der Waals surface area contributed by atoms with Crippen LogP contribution in [0.15, 0.2) is 70.1 Å². The summed E-state index contributed by atoms with van der Waals surface area (Å²) in [5.74, 6) is -0.216. The monoisotopic (exact) mass is 265 g/mol. The van der Waals surface area contributed by atoms with Crippen molar-refractivity contribution in [2.45, 2.75) is 0 Å². The van der Waals surface area contributed by atoms with Crippen molar-refractivity contribution in [3.05, 3.63) is 76.8 Å². The van der Waals surface area contributed by atoms with Crippen LogP contribution in [-0.2, 0) is 0 Å². The third-order valence-corrected chi connectivity index (χ3v) is 3.02. The molecule has 4 heteroatoms. The van der Waals surface area contributed by atoms with Crippen molar-refractivity contribution in [3.8, 4) is 0 Å². The van der Waals surface area contributed by atoms with Crippen molar-refractivity contribution in [2.24, 2.45) is 0 Å². The minimum absolute atomic E-state index is 0.216. The molecule has 2 aromatic carbocycles. The molecule has 0 bridgehead atoms. The van der Waals surface area contributed by atoms with E-state index in [4.69, 9.17) is 4.42 Å². The molecule has 0 spiro atoms. The van der Waals surface area contributed by atoms with Gasteiger partial charge < -0.3 is 9.73 Å². The molecule has 0 atom stereocenters. The van der Waals surface area contributed by atoms with Crippen molar-refractivity contribution < 1.29 is 9.21 Å². The second kappa shape index (κ2) is 5.01. The van der Waals surface area contributed by atoms with Gasteiger partial charge in [-0.05, 0) is 30.3 Å². The van der Waals surface area contributed by atoms with Crippen LogP contribution >= 0.6 is 0 Å². The minimum atomic E-state index is -0.418. The van der Waals surface area contributed by atoms with Crippen molar-refractivity contribution in [1.82, 2.24) is 0 Å². The number of nitrogens with one attached hydrogen (secondary N) is 1. The van der Waals surface area contributed by atoms with Gasteiger partial charge in [0, 0.05) is 16.6 Å². The lowest BCUT2D eigenvalue weighted by molar-refractivity contribution is 0.102. The Morgan fingerprint density at radius 3 is 2.50 bits per heavy atom. The van der Waals surface area contributed by atoms with Gasteiger partial charge in [-0.2, -0.15) is 0 Å². The lowest BCUT2D eigenvalue weighted by Gasteiger charge is -2.07. The fraction of sp³-hybridized carbons (Fsp3) is 0. The summed E-state index contributed by atoms with van der Waals surface area (Å²) in [6.07, 6.45) is 1.32. The molecule has 0 radical (unpaired) electrons. The molecule has 0 aliphatic rings. The van der Waals surface area contributed by atoms with Crippen LogP contribution in [0.1, 0.15) is 10.4 Å². The van der Waals surface area contributed by atoms with Crippen molar-refractivity contribution in [2.75, 3.05) is 5.32 Å². The molecular weight excluding hydrogens is 254 g/mol. The number of fused-ring (bicyclic) bond motifs is 1. The van der Waals surface area contributed by atoms with Gasteiger partial charge in [-0.25, -0.2) is 4.79 Å². The number of carbonyl (C=O) groups is 1. The highest BCUT2D eigenvalue weighted by molar-refractivity contribution is 6.08. The molecule has 0 saturated heterocycles. The molecule has 0 fully saturated rings. The first-order valence-electron chi connectivity index (χ1n) is 6.12. The summed E-state index contributed by atoms with van der Waals surface area (Å²) in [7, 11) is 0. The van der Waals surface area contributed by atoms with Gasteiger partial charge in [0.1, 0.15) is 0 Å². The average molecular weight is 265 g/mol. The number of amides is 1. The predicted octanol–water partition coefficient (Wildman–Crippen LogP) is 3.05. The summed E-state index contributed by atoms with van der Waals surface area (Å²) < 4.78 is 4.82. The van der Waals surface area contributed by atoms with E-state index in [0.29, 0.717) is 22.0 Å². The van der Waals surface area contributed by atoms with Gasteiger partial charge >= 0.3 is 5.63 Å². The molecule has 0 unspecified atom stereocenters. The predicted molar refractivity (Wildman–Crippen MR) is 76.9 cm³/mol. The number of hydrogen-bond donors (Lipinski definition) is 1. The quantitative estimate of drug-likeness (QED) is 0.774. The van der Waals surface area contributed by atoms with E-state index < -0.39 is 5.63 Å². The van der Waals surface area contributed by atoms with Gasteiger partial charge in [-0.15, -0.1) is 0 Å². The molecule has 0 aliphatic heterocycles. The molecule has 1 amide bonds. The first kappa shape index (κ1) is 12.2. The highest BCUT2D eigenvalue weighted by Gasteiger charge is 2.09. The smallest absolute Gasteiger partial charge is 0.343 e. The summed E-state index contributed by atoms with van der Waals surface area (Å²) >= 11 is 0. The van der Waals surface area contributed by atoms with Gasteiger partial charge in [0.25, 0.3) is 5.91 Å². The Morgan fingerprint density at radius 1 is 0.900 bits per heavy atom. The maximum atomic E-state index is 12.1. The van der Waals surface area contributed by atoms with E-state index in [1.54, 1.807) is 48.5 Å². The second-order valence-corrected chi connectivity index (χ2v) is 4.30. The van der Waals surface area contributed by atoms with Gasteiger partial charge in [-0.3, -0.25) is 4.79 Å². The molecular formula is C16H11NO3. The van der Waals surface area contributed by atoms with Crippen LogP contribution in [0.5, 0.6) is 0 Å². The lowest BCUT2D eigenvalue weighted by atomic mass is 10.1. The van der Waals surface area contributed by atoms with Crippen LogP contribution in [-0.4, -0.2) is 5.91 Å². The molecule has 1 N–H and O–H groups in total. The lowest BCUT2D eigenvalue weighted by Crippen LogP contribution is -2.12. The summed E-state index contributed by atoms with van der Waals surface area (Å²) in [5.41, 5.74) is 0.732. The number of carbonyl (C=O) groups excluding carboxylic acids is 1. The average Bonchev–Trinajstić information content (AvgIpc) is 2.49. The Kier molecular flexibility index (Phi) is 3.05. The Balaban J connectivity index is 2.02. The van der Waals surface area contributed by atoms with Crippen molar-refractivity contribution in [1.29, 1.82) is 0 Å². The van der Waals surface area contributed by atoms with Crippen LogP contribution in [0.4, 0.5) is 5.69 Å². The fourth-order valence-electron chi connectivity index (χ4n) is 2.04. The highest BCUT2D eigenvalue weighted by atomic mass is 16.4. The van der Waals surface area contributed by atoms with Crippen molar-refractivity contribution >= 4 is 22.4 Å². The zero-order valence-corrected chi connectivity index (χ0v) is 10.5. The first-order chi connectivity index (χ1) is 9.75. The normalized spacial score (nSPS) is 10.4. The number of rotatable bonds is 2. The number of benzene rings is 2. The Morgan fingerprint density at radius 2 is 1.70 bits per heavy atom. The van der Waals surface area contributed by atoms with Crippen LogP contribution in [0.25, 0.3) is 10.8 Å².